The van der Waals surface area contributed by atoms with E-state index in [-0.39, 0.29) is 108 Å². The maximum atomic E-state index is 13.3. The predicted octanol–water partition coefficient (Wildman–Crippen LogP) is 18.6. The van der Waals surface area contributed by atoms with Crippen molar-refractivity contribution in [2.24, 2.45) is 5.73 Å². The summed E-state index contributed by atoms with van der Waals surface area (Å²) < 4.78 is 61.1. The third kappa shape index (κ3) is 16.6. The van der Waals surface area contributed by atoms with E-state index in [4.69, 9.17) is 15.2 Å². The van der Waals surface area contributed by atoms with Crippen LogP contribution in [0.3, 0.4) is 0 Å². The number of nitrogens with zero attached hydrogens (tertiary/aromatic N) is 6. The molecular formula is C105H77F4N7O16. The van der Waals surface area contributed by atoms with Gasteiger partial charge in [0.05, 0.1) is 89.4 Å². The number of ketones is 2. The van der Waals surface area contributed by atoms with Crippen LogP contribution in [0.15, 0.2) is 267 Å². The van der Waals surface area contributed by atoms with Crippen molar-refractivity contribution in [2.75, 3.05) is 35.8 Å². The highest BCUT2D eigenvalue weighted by Crippen LogP contribution is 2.41. The van der Waals surface area contributed by atoms with E-state index < -0.39 is 76.4 Å². The minimum atomic E-state index is -4.54. The molecule has 27 heteroatoms. The summed E-state index contributed by atoms with van der Waals surface area (Å²) >= 11 is 0. The van der Waals surface area contributed by atoms with E-state index in [9.17, 15) is 84.7 Å². The number of nitrogens with two attached hydrogens (primary N) is 1. The maximum absolute atomic E-state index is 13.3. The summed E-state index contributed by atoms with van der Waals surface area (Å²) in [5.74, 6) is -4.65. The molecule has 0 spiro atoms. The molecule has 132 heavy (non-hydrogen) atoms. The van der Waals surface area contributed by atoms with Crippen molar-refractivity contribution >= 4 is 99.5 Å². The number of amides is 12. The summed E-state index contributed by atoms with van der Waals surface area (Å²) in [5.41, 5.74) is 17.3. The first-order valence-corrected chi connectivity index (χ1v) is 41.4. The van der Waals surface area contributed by atoms with Crippen LogP contribution in [0.4, 0.5) is 34.6 Å². The number of benzene rings is 13. The van der Waals surface area contributed by atoms with E-state index >= 15 is 0 Å². The second kappa shape index (κ2) is 34.8. The quantitative estimate of drug-likeness (QED) is 0.0534. The molecule has 656 valence electrons. The number of anilines is 3. The Labute approximate surface area is 752 Å². The Morgan fingerprint density at radius 3 is 1.01 bits per heavy atom. The molecule has 0 fully saturated rings. The first-order chi connectivity index (χ1) is 62.9. The smallest absolute Gasteiger partial charge is 0.416 e. The van der Waals surface area contributed by atoms with Crippen LogP contribution in [-0.4, -0.2) is 118 Å². The molecule has 12 amide bonds. The molecule has 6 aliphatic rings. The van der Waals surface area contributed by atoms with E-state index in [0.29, 0.717) is 68.4 Å². The van der Waals surface area contributed by atoms with Crippen LogP contribution in [0, 0.1) is 33.5 Å². The number of aryl methyl sites for hydroxylation is 4. The summed E-state index contributed by atoms with van der Waals surface area (Å²) in [6.07, 6.45) is -3.82. The number of imide groups is 6. The lowest BCUT2D eigenvalue weighted by molar-refractivity contribution is -0.138. The minimum Gasteiger partial charge on any atom is -0.457 e. The third-order valence-electron chi connectivity index (χ3n) is 23.7. The zero-order valence-corrected chi connectivity index (χ0v) is 72.1. The molecule has 2 N–H and O–H groups in total. The lowest BCUT2D eigenvalue weighted by Crippen LogP contribution is -2.30. The lowest BCUT2D eigenvalue weighted by atomic mass is 9.78. The second-order valence-electron chi connectivity index (χ2n) is 32.8. The van der Waals surface area contributed by atoms with Gasteiger partial charge in [0, 0.05) is 55.4 Å². The molecule has 0 bridgehead atoms. The van der Waals surface area contributed by atoms with Gasteiger partial charge < -0.3 is 15.2 Å². The Morgan fingerprint density at radius 2 is 0.621 bits per heavy atom. The molecule has 0 atom stereocenters. The van der Waals surface area contributed by atoms with Gasteiger partial charge in [0.15, 0.2) is 11.6 Å². The first-order valence-electron chi connectivity index (χ1n) is 41.4. The Kier molecular flexibility index (Phi) is 23.4. The first kappa shape index (κ1) is 88.7. The Morgan fingerprint density at radius 1 is 0.318 bits per heavy atom. The van der Waals surface area contributed by atoms with E-state index in [2.05, 4.69) is 38.1 Å². The zero-order valence-electron chi connectivity index (χ0n) is 72.1. The van der Waals surface area contributed by atoms with Crippen molar-refractivity contribution < 1.29 is 94.2 Å². The van der Waals surface area contributed by atoms with Crippen LogP contribution in [0.25, 0.3) is 0 Å². The van der Waals surface area contributed by atoms with Gasteiger partial charge in [-0.05, 0) is 219 Å². The summed E-state index contributed by atoms with van der Waals surface area (Å²) in [7, 11) is 4.24. The second-order valence-corrected chi connectivity index (χ2v) is 32.8. The molecule has 13 aromatic carbocycles. The van der Waals surface area contributed by atoms with E-state index in [0.717, 1.165) is 82.0 Å². The number of carbonyl (C=O) groups is 14. The van der Waals surface area contributed by atoms with Gasteiger partial charge in [0.2, 0.25) is 0 Å². The van der Waals surface area contributed by atoms with Crippen molar-refractivity contribution in [1.29, 1.82) is 0 Å². The van der Waals surface area contributed by atoms with Gasteiger partial charge in [-0.2, -0.15) is 13.2 Å². The van der Waals surface area contributed by atoms with Gasteiger partial charge in [-0.15, -0.1) is 0 Å². The Hall–Kier alpha value is -16.7. The van der Waals surface area contributed by atoms with Crippen LogP contribution in [-0.2, 0) is 24.6 Å². The minimum absolute atomic E-state index is 0.103. The average molecular weight is 1770 g/mol. The van der Waals surface area contributed by atoms with Gasteiger partial charge in [0.25, 0.3) is 70.9 Å². The summed E-state index contributed by atoms with van der Waals surface area (Å²) in [6, 6.07) is 73.5. The van der Waals surface area contributed by atoms with Gasteiger partial charge in [0.1, 0.15) is 28.8 Å². The molecule has 6 heterocycles. The summed E-state index contributed by atoms with van der Waals surface area (Å²) in [4.78, 5) is 185. The summed E-state index contributed by atoms with van der Waals surface area (Å²) in [5, 5.41) is 0. The van der Waals surface area contributed by atoms with Gasteiger partial charge >= 0.3 is 6.18 Å². The average Bonchev–Trinajstić information content (AvgIpc) is 1.61. The largest absolute Gasteiger partial charge is 0.457 e. The molecule has 0 saturated heterocycles. The Bertz CT molecular complexity index is 7170. The van der Waals surface area contributed by atoms with Crippen molar-refractivity contribution in [1.82, 2.24) is 14.7 Å². The highest BCUT2D eigenvalue weighted by molar-refractivity contribution is 6.37. The van der Waals surface area contributed by atoms with Crippen molar-refractivity contribution in [3.63, 3.8) is 0 Å². The molecule has 23 nitrogen and oxygen atoms in total. The standard InChI is InChI=1S/C39H30N2O6.C32H22N2O5.C26H18N2O5.C8H7F4N/c1-23-5-11-26(12-6-23)41-37(44)32-20-18-30(22-34(32)38(41)45)47-28-15-9-25(10-16-28)39(2,3)24-7-13-27(14-8-24)46-29-17-19-31-33(21-29)36(43)40(4)35(31)42;1-18-3-5-19(6-4-18)15-20-7-11-23(12-8-20)34-31(38)25-14-10-22(17-27(25)32(34)39)28(35)21-9-13-24-26(16-21)30(37)33(2)29(24)36;1-13-4-9-21(14(2)10-13)28-25(32)18-8-6-16(12-20(18)26(28)33)22(29)15-5-7-17-19(11-15)24(31)27(3)23(17)30;9-6-2-1-5(4-13)7(3-6)8(10,11)12/h5-22H,1-4H3;3-14,16-17H,15H2,1-2H3;4-12H,1-3H3;1-3H,4,13H2. The number of carbonyl (C=O) groups excluding carboxylic acids is 14. The number of alkyl halides is 3. The van der Waals surface area contributed by atoms with E-state index in [1.54, 1.807) is 66.7 Å². The van der Waals surface area contributed by atoms with Crippen LogP contribution >= 0.6 is 0 Å². The highest BCUT2D eigenvalue weighted by Gasteiger charge is 2.43. The van der Waals surface area contributed by atoms with Crippen molar-refractivity contribution in [3.8, 4) is 23.0 Å². The van der Waals surface area contributed by atoms with Gasteiger partial charge in [-0.1, -0.05) is 146 Å². The molecule has 6 aliphatic heterocycles. The number of hydrogen-bond acceptors (Lipinski definition) is 17. The molecule has 0 aromatic heterocycles. The van der Waals surface area contributed by atoms with Crippen LogP contribution < -0.4 is 29.9 Å². The molecule has 0 aliphatic carbocycles. The molecule has 19 rings (SSSR count). The molecule has 13 aromatic rings. The zero-order chi connectivity index (χ0) is 94.1. The van der Waals surface area contributed by atoms with E-state index in [1.165, 1.54) is 104 Å². The highest BCUT2D eigenvalue weighted by atomic mass is 19.4. The number of halogens is 4. The predicted molar refractivity (Wildman–Crippen MR) is 480 cm³/mol. The maximum Gasteiger partial charge on any atom is 0.416 e. The molecule has 0 unspecified atom stereocenters. The van der Waals surface area contributed by atoms with Gasteiger partial charge in [-0.3, -0.25) is 81.8 Å². The van der Waals surface area contributed by atoms with Crippen molar-refractivity contribution in [3.05, 3.63) is 417 Å². The molecule has 0 radical (unpaired) electrons. The van der Waals surface area contributed by atoms with Gasteiger partial charge in [-0.25, -0.2) is 19.1 Å². The fraction of sp³-hybridized carbons (Fsp3) is 0.124. The van der Waals surface area contributed by atoms with Crippen LogP contribution in [0.2, 0.25) is 0 Å². The molecular weight excluding hydrogens is 1690 g/mol. The van der Waals surface area contributed by atoms with Crippen LogP contribution in [0.5, 0.6) is 23.0 Å². The number of hydrogen-bond donors (Lipinski definition) is 1. The Balaban J connectivity index is 0.000000137. The third-order valence-corrected chi connectivity index (χ3v) is 23.7. The number of ether oxygens (including phenoxy) is 2. The number of rotatable bonds is 16. The lowest BCUT2D eigenvalue weighted by Gasteiger charge is -2.26. The SMILES string of the molecule is Cc1ccc(Cc2ccc(N3C(=O)c4ccc(C(=O)c5ccc6c(c5)C(=O)N(C)C6=O)cc4C3=O)cc2)cc1.Cc1ccc(N2C(=O)c3ccc(C(=O)c4ccc5c(c4)C(=O)N(C)C5=O)cc3C2=O)c(C)c1.Cc1ccc(N2C(=O)c3ccc(Oc4ccc(C(C)(C)c5ccc(Oc6ccc7c(c6)C(=O)N(C)C7=O)cc5)cc4)cc3C2=O)cc1.NCc1ccc(F)cc1C(F)(F)F. The fourth-order valence-electron chi connectivity index (χ4n) is 16.2. The fourth-order valence-corrected chi connectivity index (χ4v) is 16.2. The normalized spacial score (nSPS) is 14.0. The summed E-state index contributed by atoms with van der Waals surface area (Å²) in [6.45, 7) is 11.7. The van der Waals surface area contributed by atoms with Crippen LogP contribution in [0.1, 0.15) is 226 Å². The molecule has 0 saturated carbocycles. The van der Waals surface area contributed by atoms with E-state index in [1.807, 2.05) is 113 Å². The number of fused-ring (bicyclic) bond motifs is 6. The monoisotopic (exact) mass is 1770 g/mol. The van der Waals surface area contributed by atoms with Crippen molar-refractivity contribution in [2.45, 2.75) is 66.1 Å². The topological polar surface area (TPSA) is 303 Å².